The molecular weight excluding hydrogens is 283 g/mol. The average molecular weight is 299 g/mol. The van der Waals surface area contributed by atoms with E-state index in [1.54, 1.807) is 18.2 Å². The molecule has 1 heterocycles. The van der Waals surface area contributed by atoms with Crippen LogP contribution in [0.5, 0.6) is 0 Å². The van der Waals surface area contributed by atoms with Gasteiger partial charge in [0.25, 0.3) is 0 Å². The van der Waals surface area contributed by atoms with Crippen LogP contribution in [0.1, 0.15) is 17.4 Å². The third-order valence-corrected chi connectivity index (χ3v) is 3.40. The second-order valence-electron chi connectivity index (χ2n) is 4.46. The number of aliphatic hydroxyl groups excluding tert-OH is 1. The highest BCUT2D eigenvalue weighted by Gasteiger charge is 2.09. The number of aliphatic hydroxyl groups is 1. The van der Waals surface area contributed by atoms with Gasteiger partial charge in [-0.25, -0.2) is 0 Å². The number of nitrogens with zero attached hydrogens (tertiary/aromatic N) is 1. The summed E-state index contributed by atoms with van der Waals surface area (Å²) in [5.74, 6) is 0. The van der Waals surface area contributed by atoms with Crippen molar-refractivity contribution in [3.05, 3.63) is 57.8 Å². The van der Waals surface area contributed by atoms with E-state index >= 15 is 0 Å². The first kappa shape index (κ1) is 14.4. The molecule has 5 heteroatoms. The Bertz CT molecular complexity index is 534. The second kappa shape index (κ2) is 6.44. The van der Waals surface area contributed by atoms with E-state index in [9.17, 15) is 5.11 Å². The Hall–Kier alpha value is -1.000. The van der Waals surface area contributed by atoms with E-state index in [1.807, 2.05) is 29.9 Å². The van der Waals surface area contributed by atoms with E-state index in [1.165, 1.54) is 0 Å². The van der Waals surface area contributed by atoms with Crippen molar-refractivity contribution < 1.29 is 5.11 Å². The van der Waals surface area contributed by atoms with Crippen molar-refractivity contribution in [3.63, 3.8) is 0 Å². The molecule has 102 valence electrons. The Morgan fingerprint density at radius 1 is 1.26 bits per heavy atom. The maximum atomic E-state index is 10.1. The molecule has 0 aliphatic carbocycles. The molecule has 3 nitrogen and oxygen atoms in total. The van der Waals surface area contributed by atoms with Gasteiger partial charge in [0.05, 0.1) is 6.10 Å². The van der Waals surface area contributed by atoms with Crippen LogP contribution in [0.25, 0.3) is 0 Å². The molecular formula is C14H16Cl2N2O. The lowest BCUT2D eigenvalue weighted by Gasteiger charge is -2.13. The highest BCUT2D eigenvalue weighted by atomic mass is 35.5. The van der Waals surface area contributed by atoms with Crippen molar-refractivity contribution in [1.29, 1.82) is 0 Å². The molecule has 0 radical (unpaired) electrons. The van der Waals surface area contributed by atoms with Crippen LogP contribution in [0.4, 0.5) is 0 Å². The van der Waals surface area contributed by atoms with Gasteiger partial charge < -0.3 is 15.0 Å². The van der Waals surface area contributed by atoms with Crippen LogP contribution in [0, 0.1) is 0 Å². The predicted octanol–water partition coefficient (Wildman–Crippen LogP) is 3.16. The molecule has 0 aliphatic heterocycles. The Morgan fingerprint density at radius 3 is 2.53 bits per heavy atom. The summed E-state index contributed by atoms with van der Waals surface area (Å²) in [5.41, 5.74) is 1.88. The zero-order chi connectivity index (χ0) is 13.8. The number of aryl methyl sites for hydroxylation is 1. The summed E-state index contributed by atoms with van der Waals surface area (Å²) in [4.78, 5) is 0. The first-order chi connectivity index (χ1) is 9.06. The Kier molecular flexibility index (Phi) is 4.88. The van der Waals surface area contributed by atoms with E-state index in [0.29, 0.717) is 23.1 Å². The molecule has 2 aromatic rings. The van der Waals surface area contributed by atoms with E-state index in [0.717, 1.165) is 11.3 Å². The van der Waals surface area contributed by atoms with Crippen LogP contribution in [0.15, 0.2) is 36.5 Å². The van der Waals surface area contributed by atoms with E-state index in [-0.39, 0.29) is 0 Å². The van der Waals surface area contributed by atoms with Crippen LogP contribution in [-0.4, -0.2) is 16.2 Å². The molecule has 0 aliphatic rings. The molecule has 2 rings (SSSR count). The molecule has 1 atom stereocenters. The van der Waals surface area contributed by atoms with Crippen LogP contribution in [0.3, 0.4) is 0 Å². The van der Waals surface area contributed by atoms with Crippen LogP contribution in [-0.2, 0) is 13.6 Å². The number of aromatic nitrogens is 1. The van der Waals surface area contributed by atoms with Gasteiger partial charge in [-0.15, -0.1) is 0 Å². The van der Waals surface area contributed by atoms with Gasteiger partial charge in [-0.2, -0.15) is 0 Å². The molecule has 1 unspecified atom stereocenters. The van der Waals surface area contributed by atoms with Gasteiger partial charge in [0.2, 0.25) is 0 Å². The number of hydrogen-bond donors (Lipinski definition) is 2. The topological polar surface area (TPSA) is 37.2 Å². The average Bonchev–Trinajstić information content (AvgIpc) is 2.74. The first-order valence-corrected chi connectivity index (χ1v) is 6.77. The van der Waals surface area contributed by atoms with Gasteiger partial charge in [0.15, 0.2) is 0 Å². The fourth-order valence-electron chi connectivity index (χ4n) is 1.90. The molecule has 19 heavy (non-hydrogen) atoms. The first-order valence-electron chi connectivity index (χ1n) is 6.01. The zero-order valence-electron chi connectivity index (χ0n) is 10.6. The summed E-state index contributed by atoms with van der Waals surface area (Å²) in [6.07, 6.45) is 1.36. The Morgan fingerprint density at radius 2 is 1.95 bits per heavy atom. The molecule has 0 amide bonds. The molecule has 2 N–H and O–H groups in total. The maximum absolute atomic E-state index is 10.1. The highest BCUT2D eigenvalue weighted by molar-refractivity contribution is 6.34. The van der Waals surface area contributed by atoms with Gasteiger partial charge >= 0.3 is 0 Å². The van der Waals surface area contributed by atoms with Gasteiger partial charge in [0, 0.05) is 42.1 Å². The maximum Gasteiger partial charge on any atom is 0.0915 e. The van der Waals surface area contributed by atoms with E-state index in [4.69, 9.17) is 23.2 Å². The second-order valence-corrected chi connectivity index (χ2v) is 5.33. The van der Waals surface area contributed by atoms with Crippen molar-refractivity contribution in [2.75, 3.05) is 6.54 Å². The number of rotatable bonds is 5. The van der Waals surface area contributed by atoms with Crippen LogP contribution >= 0.6 is 23.2 Å². The van der Waals surface area contributed by atoms with Gasteiger partial charge in [-0.05, 0) is 35.9 Å². The van der Waals surface area contributed by atoms with E-state index < -0.39 is 6.10 Å². The molecule has 1 aromatic carbocycles. The van der Waals surface area contributed by atoms with Crippen LogP contribution in [0.2, 0.25) is 10.0 Å². The largest absolute Gasteiger partial charge is 0.387 e. The SMILES string of the molecule is Cn1cccc1CNCC(O)c1cc(Cl)cc(Cl)c1. The van der Waals surface area contributed by atoms with Crippen molar-refractivity contribution in [2.24, 2.45) is 7.05 Å². The number of nitrogens with one attached hydrogen (secondary N) is 1. The van der Waals surface area contributed by atoms with Crippen LogP contribution < -0.4 is 5.32 Å². The van der Waals surface area contributed by atoms with Crippen molar-refractivity contribution in [3.8, 4) is 0 Å². The third-order valence-electron chi connectivity index (χ3n) is 2.96. The molecule has 0 saturated heterocycles. The fourth-order valence-corrected chi connectivity index (χ4v) is 2.45. The number of hydrogen-bond acceptors (Lipinski definition) is 2. The fraction of sp³-hybridized carbons (Fsp3) is 0.286. The quantitative estimate of drug-likeness (QED) is 0.890. The monoisotopic (exact) mass is 298 g/mol. The molecule has 0 bridgehead atoms. The number of halogens is 2. The summed E-state index contributed by atoms with van der Waals surface area (Å²) in [6.45, 7) is 1.15. The predicted molar refractivity (Wildman–Crippen MR) is 78.5 cm³/mol. The lowest BCUT2D eigenvalue weighted by atomic mass is 10.1. The zero-order valence-corrected chi connectivity index (χ0v) is 12.1. The summed E-state index contributed by atoms with van der Waals surface area (Å²) in [7, 11) is 1.99. The van der Waals surface area contributed by atoms with Gasteiger partial charge in [-0.1, -0.05) is 23.2 Å². The summed E-state index contributed by atoms with van der Waals surface area (Å²) < 4.78 is 2.04. The Balaban J connectivity index is 1.90. The highest BCUT2D eigenvalue weighted by Crippen LogP contribution is 2.23. The minimum absolute atomic E-state index is 0.446. The molecule has 1 aromatic heterocycles. The molecule has 0 spiro atoms. The molecule has 0 saturated carbocycles. The number of benzene rings is 1. The van der Waals surface area contributed by atoms with Crippen molar-refractivity contribution in [1.82, 2.24) is 9.88 Å². The summed E-state index contributed by atoms with van der Waals surface area (Å²) in [5, 5.41) is 14.4. The Labute approximate surface area is 122 Å². The van der Waals surface area contributed by atoms with Crippen molar-refractivity contribution >= 4 is 23.2 Å². The minimum atomic E-state index is -0.628. The third kappa shape index (κ3) is 3.98. The van der Waals surface area contributed by atoms with Gasteiger partial charge in [-0.3, -0.25) is 0 Å². The lowest BCUT2D eigenvalue weighted by Crippen LogP contribution is -2.22. The van der Waals surface area contributed by atoms with Crippen molar-refractivity contribution in [2.45, 2.75) is 12.6 Å². The normalized spacial score (nSPS) is 12.6. The van der Waals surface area contributed by atoms with Gasteiger partial charge in [0.1, 0.15) is 0 Å². The molecule has 0 fully saturated rings. The summed E-state index contributed by atoms with van der Waals surface area (Å²) in [6, 6.07) is 9.13. The summed E-state index contributed by atoms with van der Waals surface area (Å²) >= 11 is 11.8. The minimum Gasteiger partial charge on any atom is -0.387 e. The smallest absolute Gasteiger partial charge is 0.0915 e. The standard InChI is InChI=1S/C14H16Cl2N2O/c1-18-4-2-3-13(18)8-17-9-14(19)10-5-11(15)7-12(16)6-10/h2-7,14,17,19H,8-9H2,1H3. The lowest BCUT2D eigenvalue weighted by molar-refractivity contribution is 0.174. The van der Waals surface area contributed by atoms with E-state index in [2.05, 4.69) is 5.32 Å².